The van der Waals surface area contributed by atoms with Gasteiger partial charge in [-0.2, -0.15) is 0 Å². The Bertz CT molecular complexity index is 880. The molecule has 0 aromatic heterocycles. The van der Waals surface area contributed by atoms with E-state index < -0.39 is 0 Å². The first-order valence-electron chi connectivity index (χ1n) is 10.1. The van der Waals surface area contributed by atoms with Crippen LogP contribution in [0.15, 0.2) is 54.6 Å². The Hall–Kier alpha value is -2.51. The van der Waals surface area contributed by atoms with Gasteiger partial charge in [0.2, 0.25) is 11.8 Å². The first-order chi connectivity index (χ1) is 14.6. The van der Waals surface area contributed by atoms with Gasteiger partial charge in [0.15, 0.2) is 0 Å². The molecule has 4 rings (SSSR count). The fourth-order valence-electron chi connectivity index (χ4n) is 4.06. The monoisotopic (exact) mass is 426 g/mol. The van der Waals surface area contributed by atoms with Crippen LogP contribution in [0.5, 0.6) is 5.75 Å². The van der Waals surface area contributed by atoms with E-state index in [1.807, 2.05) is 64.4 Å². The summed E-state index contributed by atoms with van der Waals surface area (Å²) in [7, 11) is 1.63. The van der Waals surface area contributed by atoms with Crippen molar-refractivity contribution in [3.63, 3.8) is 0 Å². The lowest BCUT2D eigenvalue weighted by Crippen LogP contribution is -2.53. The summed E-state index contributed by atoms with van der Waals surface area (Å²) in [4.78, 5) is 28.7. The van der Waals surface area contributed by atoms with E-state index in [9.17, 15) is 9.59 Å². The Labute approximate surface area is 181 Å². The number of methoxy groups -OCH3 is 1. The van der Waals surface area contributed by atoms with Crippen LogP contribution in [0.25, 0.3) is 0 Å². The van der Waals surface area contributed by atoms with E-state index in [0.717, 1.165) is 29.8 Å². The molecule has 0 unspecified atom stereocenters. The van der Waals surface area contributed by atoms with Crippen molar-refractivity contribution >= 4 is 29.3 Å². The first kappa shape index (κ1) is 20.8. The minimum atomic E-state index is -0.284. The summed E-state index contributed by atoms with van der Waals surface area (Å²) < 4.78 is 10.8. The quantitative estimate of drug-likeness (QED) is 0.709. The molecule has 0 N–H and O–H groups in total. The average Bonchev–Trinajstić information content (AvgIpc) is 3.10. The SMILES string of the molecule is COc1ccc(N2C(=O)CSC23CCN(C(=O)COCc2ccccc2)CC3)cc1. The highest BCUT2D eigenvalue weighted by Crippen LogP contribution is 2.46. The second-order valence-corrected chi connectivity index (χ2v) is 8.86. The predicted molar refractivity (Wildman–Crippen MR) is 118 cm³/mol. The van der Waals surface area contributed by atoms with Crippen LogP contribution in [-0.4, -0.2) is 54.1 Å². The number of likely N-dealkylation sites (tertiary alicyclic amines) is 1. The first-order valence-corrected chi connectivity index (χ1v) is 11.1. The van der Waals surface area contributed by atoms with Gasteiger partial charge in [-0.1, -0.05) is 30.3 Å². The maximum Gasteiger partial charge on any atom is 0.248 e. The van der Waals surface area contributed by atoms with Crippen LogP contribution >= 0.6 is 11.8 Å². The summed E-state index contributed by atoms with van der Waals surface area (Å²) in [6.07, 6.45) is 1.50. The van der Waals surface area contributed by atoms with Crippen LogP contribution in [0.4, 0.5) is 5.69 Å². The smallest absolute Gasteiger partial charge is 0.248 e. The Kier molecular flexibility index (Phi) is 6.29. The van der Waals surface area contributed by atoms with E-state index in [4.69, 9.17) is 9.47 Å². The van der Waals surface area contributed by atoms with Crippen LogP contribution in [-0.2, 0) is 20.9 Å². The molecule has 0 atom stereocenters. The second kappa shape index (κ2) is 9.10. The summed E-state index contributed by atoms with van der Waals surface area (Å²) in [5, 5.41) is 0. The summed E-state index contributed by atoms with van der Waals surface area (Å²) >= 11 is 1.69. The maximum absolute atomic E-state index is 12.7. The van der Waals surface area contributed by atoms with Gasteiger partial charge in [-0.15, -0.1) is 11.8 Å². The van der Waals surface area contributed by atoms with Crippen LogP contribution < -0.4 is 9.64 Å². The number of carbonyl (C=O) groups excluding carboxylic acids is 2. The number of hydrogen-bond donors (Lipinski definition) is 0. The van der Waals surface area contributed by atoms with Crippen molar-refractivity contribution in [3.8, 4) is 5.75 Å². The normalized spacial score (nSPS) is 18.1. The third kappa shape index (κ3) is 4.32. The van der Waals surface area contributed by atoms with Crippen LogP contribution in [0, 0.1) is 0 Å². The number of piperidine rings is 1. The summed E-state index contributed by atoms with van der Waals surface area (Å²) in [6, 6.07) is 17.5. The number of hydrogen-bond acceptors (Lipinski definition) is 5. The highest BCUT2D eigenvalue weighted by molar-refractivity contribution is 8.02. The van der Waals surface area contributed by atoms with Crippen molar-refractivity contribution < 1.29 is 19.1 Å². The Morgan fingerprint density at radius 2 is 1.77 bits per heavy atom. The Balaban J connectivity index is 1.34. The minimum absolute atomic E-state index is 0.00565. The molecule has 7 heteroatoms. The van der Waals surface area contributed by atoms with E-state index >= 15 is 0 Å². The Morgan fingerprint density at radius 1 is 1.07 bits per heavy atom. The molecule has 0 aliphatic carbocycles. The van der Waals surface area contributed by atoms with Gasteiger partial charge >= 0.3 is 0 Å². The highest BCUT2D eigenvalue weighted by atomic mass is 32.2. The summed E-state index contributed by atoms with van der Waals surface area (Å²) in [5.41, 5.74) is 1.94. The van der Waals surface area contributed by atoms with Gasteiger partial charge in [0.25, 0.3) is 0 Å². The molecule has 2 aromatic carbocycles. The molecule has 30 heavy (non-hydrogen) atoms. The van der Waals surface area contributed by atoms with Crippen molar-refractivity contribution in [2.75, 3.05) is 37.5 Å². The van der Waals surface area contributed by atoms with Crippen molar-refractivity contribution in [1.82, 2.24) is 4.90 Å². The van der Waals surface area contributed by atoms with Crippen molar-refractivity contribution in [1.29, 1.82) is 0 Å². The molecule has 158 valence electrons. The zero-order valence-electron chi connectivity index (χ0n) is 17.1. The molecule has 6 nitrogen and oxygen atoms in total. The van der Waals surface area contributed by atoms with E-state index in [-0.39, 0.29) is 23.3 Å². The van der Waals surface area contributed by atoms with E-state index in [0.29, 0.717) is 25.4 Å². The second-order valence-electron chi connectivity index (χ2n) is 7.52. The lowest BCUT2D eigenvalue weighted by atomic mass is 10.0. The van der Waals surface area contributed by atoms with E-state index in [1.165, 1.54) is 0 Å². The lowest BCUT2D eigenvalue weighted by Gasteiger charge is -2.44. The molecular formula is C23H26N2O4S. The van der Waals surface area contributed by atoms with Crippen LogP contribution in [0.3, 0.4) is 0 Å². The molecule has 0 bridgehead atoms. The van der Waals surface area contributed by atoms with Gasteiger partial charge in [-0.25, -0.2) is 0 Å². The standard InChI is InChI=1S/C23H26N2O4S/c1-28-20-9-7-19(8-10-20)25-22(27)17-30-23(25)11-13-24(14-12-23)21(26)16-29-15-18-5-3-2-4-6-18/h2-10H,11-17H2,1H3. The molecular weight excluding hydrogens is 400 g/mol. The van der Waals surface area contributed by atoms with Gasteiger partial charge in [0, 0.05) is 18.8 Å². The number of rotatable bonds is 6. The highest BCUT2D eigenvalue weighted by Gasteiger charge is 2.49. The van der Waals surface area contributed by atoms with Crippen molar-refractivity contribution in [2.24, 2.45) is 0 Å². The van der Waals surface area contributed by atoms with Gasteiger partial charge in [0.05, 0.1) is 24.3 Å². The van der Waals surface area contributed by atoms with Crippen LogP contribution in [0.1, 0.15) is 18.4 Å². The fraction of sp³-hybridized carbons (Fsp3) is 0.391. The number of thioether (sulfide) groups is 1. The lowest BCUT2D eigenvalue weighted by molar-refractivity contribution is -0.137. The zero-order valence-corrected chi connectivity index (χ0v) is 17.9. The molecule has 0 saturated carbocycles. The number of ether oxygens (including phenoxy) is 2. The maximum atomic E-state index is 12.7. The van der Waals surface area contributed by atoms with Gasteiger partial charge < -0.3 is 14.4 Å². The number of nitrogens with zero attached hydrogens (tertiary/aromatic N) is 2. The van der Waals surface area contributed by atoms with E-state index in [2.05, 4.69) is 0 Å². The molecule has 2 aromatic rings. The third-order valence-electron chi connectivity index (χ3n) is 5.69. The summed E-state index contributed by atoms with van der Waals surface area (Å²) in [5.74, 6) is 1.37. The summed E-state index contributed by atoms with van der Waals surface area (Å²) in [6.45, 7) is 1.76. The van der Waals surface area contributed by atoms with Gasteiger partial charge in [-0.3, -0.25) is 14.5 Å². The topological polar surface area (TPSA) is 59.1 Å². The van der Waals surface area contributed by atoms with E-state index in [1.54, 1.807) is 18.9 Å². The number of amides is 2. The average molecular weight is 427 g/mol. The minimum Gasteiger partial charge on any atom is -0.497 e. The van der Waals surface area contributed by atoms with Gasteiger partial charge in [0.1, 0.15) is 12.4 Å². The van der Waals surface area contributed by atoms with Crippen LogP contribution in [0.2, 0.25) is 0 Å². The molecule has 2 amide bonds. The molecule has 2 fully saturated rings. The molecule has 2 saturated heterocycles. The Morgan fingerprint density at radius 3 is 2.43 bits per heavy atom. The number of anilines is 1. The zero-order chi connectivity index (χ0) is 21.0. The number of carbonyl (C=O) groups is 2. The molecule has 0 radical (unpaired) electrons. The van der Waals surface area contributed by atoms with Crippen molar-refractivity contribution in [3.05, 3.63) is 60.2 Å². The molecule has 1 spiro atoms. The molecule has 2 aliphatic heterocycles. The third-order valence-corrected chi connectivity index (χ3v) is 7.21. The predicted octanol–water partition coefficient (Wildman–Crippen LogP) is 3.31. The molecule has 2 heterocycles. The fourth-order valence-corrected chi connectivity index (χ4v) is 5.39. The van der Waals surface area contributed by atoms with Gasteiger partial charge in [-0.05, 0) is 42.7 Å². The number of benzene rings is 2. The van der Waals surface area contributed by atoms with Crippen molar-refractivity contribution in [2.45, 2.75) is 24.3 Å². The molecule has 2 aliphatic rings. The largest absolute Gasteiger partial charge is 0.497 e.